The van der Waals surface area contributed by atoms with Gasteiger partial charge in [-0.2, -0.15) is 0 Å². The van der Waals surface area contributed by atoms with Crippen LogP contribution in [0.1, 0.15) is 0 Å². The van der Waals surface area contributed by atoms with Gasteiger partial charge in [0.25, 0.3) is 5.69 Å². The zero-order valence-electron chi connectivity index (χ0n) is 10.7. The molecule has 0 bridgehead atoms. The molecule has 0 aliphatic carbocycles. The number of hydrogen-bond acceptors (Lipinski definition) is 6. The summed E-state index contributed by atoms with van der Waals surface area (Å²) in [6, 6.07) is 2.74. The second kappa shape index (κ2) is 5.38. The van der Waals surface area contributed by atoms with Crippen LogP contribution in [0.2, 0.25) is 0 Å². The normalized spacial score (nSPS) is 14.5. The van der Waals surface area contributed by atoms with Crippen LogP contribution in [-0.2, 0) is 4.74 Å². The molecule has 2 rings (SSSR count). The summed E-state index contributed by atoms with van der Waals surface area (Å²) in [6.45, 7) is 0.691. The molecule has 0 saturated carbocycles. The average Bonchev–Trinajstić information content (AvgIpc) is 2.41. The molecule has 19 heavy (non-hydrogen) atoms. The average molecular weight is 262 g/mol. The van der Waals surface area contributed by atoms with Gasteiger partial charge in [0, 0.05) is 37.6 Å². The predicted octanol–water partition coefficient (Wildman–Crippen LogP) is 1.72. The van der Waals surface area contributed by atoms with E-state index in [0.29, 0.717) is 12.4 Å². The summed E-state index contributed by atoms with van der Waals surface area (Å²) in [5.41, 5.74) is 0.796. The fourth-order valence-electron chi connectivity index (χ4n) is 1.68. The van der Waals surface area contributed by atoms with Crippen LogP contribution in [-0.4, -0.2) is 35.5 Å². The topological polar surface area (TPSA) is 80.5 Å². The van der Waals surface area contributed by atoms with Crippen molar-refractivity contribution in [1.29, 1.82) is 0 Å². The summed E-state index contributed by atoms with van der Waals surface area (Å²) in [6.07, 6.45) is 5.16. The van der Waals surface area contributed by atoms with Crippen LogP contribution in [0, 0.1) is 10.1 Å². The van der Waals surface area contributed by atoms with Crippen molar-refractivity contribution >= 4 is 11.5 Å². The van der Waals surface area contributed by atoms with E-state index in [-0.39, 0.29) is 5.69 Å². The van der Waals surface area contributed by atoms with Gasteiger partial charge >= 0.3 is 0 Å². The second-order valence-electron chi connectivity index (χ2n) is 4.01. The summed E-state index contributed by atoms with van der Waals surface area (Å²) < 4.78 is 5.21. The van der Waals surface area contributed by atoms with Crippen LogP contribution < -0.4 is 5.32 Å². The Morgan fingerprint density at radius 1 is 1.58 bits per heavy atom. The summed E-state index contributed by atoms with van der Waals surface area (Å²) in [7, 11) is 3.51. The van der Waals surface area contributed by atoms with Crippen LogP contribution in [0.25, 0.3) is 0 Å². The van der Waals surface area contributed by atoms with Crippen molar-refractivity contribution in [2.24, 2.45) is 0 Å². The number of nitrogens with zero attached hydrogens (tertiary/aromatic N) is 3. The molecule has 7 nitrogen and oxygen atoms in total. The lowest BCUT2D eigenvalue weighted by Crippen LogP contribution is -2.23. The van der Waals surface area contributed by atoms with Gasteiger partial charge in [-0.1, -0.05) is 0 Å². The molecule has 0 spiro atoms. The van der Waals surface area contributed by atoms with E-state index in [0.717, 1.165) is 11.6 Å². The van der Waals surface area contributed by atoms with Gasteiger partial charge in [0.1, 0.15) is 5.82 Å². The van der Waals surface area contributed by atoms with Gasteiger partial charge in [-0.05, 0) is 6.08 Å². The number of anilines is 1. The van der Waals surface area contributed by atoms with Crippen molar-refractivity contribution in [1.82, 2.24) is 9.88 Å². The summed E-state index contributed by atoms with van der Waals surface area (Å²) in [5, 5.41) is 13.7. The van der Waals surface area contributed by atoms with Gasteiger partial charge in [0.15, 0.2) is 5.88 Å². The minimum absolute atomic E-state index is 0.00183. The summed E-state index contributed by atoms with van der Waals surface area (Å²) >= 11 is 0. The van der Waals surface area contributed by atoms with Gasteiger partial charge in [0.05, 0.1) is 18.1 Å². The van der Waals surface area contributed by atoms with E-state index in [1.165, 1.54) is 18.3 Å². The van der Waals surface area contributed by atoms with Crippen LogP contribution in [0.15, 0.2) is 42.1 Å². The Morgan fingerprint density at radius 3 is 3.05 bits per heavy atom. The van der Waals surface area contributed by atoms with E-state index >= 15 is 0 Å². The highest BCUT2D eigenvalue weighted by molar-refractivity contribution is 5.51. The Balaban J connectivity index is 2.16. The fourth-order valence-corrected chi connectivity index (χ4v) is 1.68. The molecule has 0 amide bonds. The highest BCUT2D eigenvalue weighted by Gasteiger charge is 2.12. The van der Waals surface area contributed by atoms with E-state index in [4.69, 9.17) is 4.74 Å². The molecule has 1 aromatic rings. The van der Waals surface area contributed by atoms with Crippen molar-refractivity contribution in [3.8, 4) is 0 Å². The van der Waals surface area contributed by atoms with E-state index in [9.17, 15) is 10.1 Å². The first-order valence-electron chi connectivity index (χ1n) is 5.64. The minimum atomic E-state index is -0.452. The third kappa shape index (κ3) is 3.01. The molecule has 0 atom stereocenters. The highest BCUT2D eigenvalue weighted by Crippen LogP contribution is 2.19. The molecule has 1 aliphatic heterocycles. The monoisotopic (exact) mass is 262 g/mol. The summed E-state index contributed by atoms with van der Waals surface area (Å²) in [4.78, 5) is 16.2. The molecule has 2 heterocycles. The number of allylic oxidation sites excluding steroid dienone is 1. The Labute approximate surface area is 110 Å². The van der Waals surface area contributed by atoms with E-state index in [1.807, 2.05) is 24.1 Å². The first-order chi connectivity index (χ1) is 9.10. The largest absolute Gasteiger partial charge is 0.482 e. The Kier molecular flexibility index (Phi) is 3.65. The molecule has 0 fully saturated rings. The molecule has 0 saturated heterocycles. The Bertz CT molecular complexity index is 554. The third-order valence-electron chi connectivity index (χ3n) is 2.68. The van der Waals surface area contributed by atoms with Gasteiger partial charge in [-0.3, -0.25) is 10.1 Å². The number of likely N-dealkylation sites (N-methyl/N-ethyl adjacent to an activating group) is 1. The van der Waals surface area contributed by atoms with Crippen LogP contribution in [0.3, 0.4) is 0 Å². The number of rotatable bonds is 4. The van der Waals surface area contributed by atoms with Gasteiger partial charge in [-0.15, -0.1) is 0 Å². The maximum Gasteiger partial charge on any atom is 0.274 e. The van der Waals surface area contributed by atoms with Crippen LogP contribution in [0.4, 0.5) is 11.5 Å². The number of aromatic nitrogens is 1. The molecule has 100 valence electrons. The zero-order chi connectivity index (χ0) is 13.8. The lowest BCUT2D eigenvalue weighted by Gasteiger charge is -2.24. The number of ether oxygens (including phenoxy) is 1. The molecule has 1 N–H and O–H groups in total. The minimum Gasteiger partial charge on any atom is -0.482 e. The standard InChI is InChI=1S/C12H14N4O3/c1-15-6-4-9(7-12(15)19-2)14-11-8-10(16(17)18)3-5-13-11/h3-5,7-8H,6H2,1-2H3,(H,13,14). The molecule has 0 radical (unpaired) electrons. The number of pyridine rings is 1. The maximum atomic E-state index is 10.7. The van der Waals surface area contributed by atoms with E-state index in [2.05, 4.69) is 10.3 Å². The smallest absolute Gasteiger partial charge is 0.274 e. The Morgan fingerprint density at radius 2 is 2.37 bits per heavy atom. The molecule has 0 unspecified atom stereocenters. The van der Waals surface area contributed by atoms with Crippen molar-refractivity contribution < 1.29 is 9.66 Å². The highest BCUT2D eigenvalue weighted by atomic mass is 16.6. The lowest BCUT2D eigenvalue weighted by atomic mass is 10.3. The number of nitro groups is 1. The van der Waals surface area contributed by atoms with Crippen LogP contribution in [0.5, 0.6) is 0 Å². The maximum absolute atomic E-state index is 10.7. The molecular weight excluding hydrogens is 248 g/mol. The van der Waals surface area contributed by atoms with Crippen molar-refractivity contribution in [3.63, 3.8) is 0 Å². The molecular formula is C12H14N4O3. The Hall–Kier alpha value is -2.57. The van der Waals surface area contributed by atoms with Crippen molar-refractivity contribution in [3.05, 3.63) is 52.2 Å². The molecule has 1 aromatic heterocycles. The first-order valence-corrected chi connectivity index (χ1v) is 5.64. The van der Waals surface area contributed by atoms with Crippen molar-refractivity contribution in [2.75, 3.05) is 26.0 Å². The third-order valence-corrected chi connectivity index (χ3v) is 2.68. The zero-order valence-corrected chi connectivity index (χ0v) is 10.7. The van der Waals surface area contributed by atoms with Crippen molar-refractivity contribution in [2.45, 2.75) is 0 Å². The first kappa shape index (κ1) is 12.9. The fraction of sp³-hybridized carbons (Fsp3) is 0.250. The van der Waals surface area contributed by atoms with Gasteiger partial charge < -0.3 is 15.0 Å². The number of methoxy groups -OCH3 is 1. The van der Waals surface area contributed by atoms with E-state index < -0.39 is 4.92 Å². The molecule has 1 aliphatic rings. The molecule has 7 heteroatoms. The predicted molar refractivity (Wildman–Crippen MR) is 70.3 cm³/mol. The quantitative estimate of drug-likeness (QED) is 0.657. The van der Waals surface area contributed by atoms with Crippen LogP contribution >= 0.6 is 0 Å². The van der Waals surface area contributed by atoms with Gasteiger partial charge in [0.2, 0.25) is 0 Å². The number of nitrogens with one attached hydrogen (secondary N) is 1. The SMILES string of the molecule is COC1=CC(Nc2cc([N+](=O)[O-])ccn2)=CCN1C. The second-order valence-corrected chi connectivity index (χ2v) is 4.01. The number of hydrogen-bond donors (Lipinski definition) is 1. The summed E-state index contributed by atoms with van der Waals surface area (Å²) in [5.74, 6) is 1.15. The molecule has 0 aromatic carbocycles. The van der Waals surface area contributed by atoms with E-state index in [1.54, 1.807) is 7.11 Å². The van der Waals surface area contributed by atoms with Gasteiger partial charge in [-0.25, -0.2) is 4.98 Å². The lowest BCUT2D eigenvalue weighted by molar-refractivity contribution is -0.384.